The second-order valence-electron chi connectivity index (χ2n) is 5.28. The van der Waals surface area contributed by atoms with Crippen molar-refractivity contribution in [3.63, 3.8) is 0 Å². The lowest BCUT2D eigenvalue weighted by Crippen LogP contribution is -2.37. The van der Waals surface area contributed by atoms with Crippen LogP contribution in [0.25, 0.3) is 0 Å². The number of aromatic nitrogens is 1. The summed E-state index contributed by atoms with van der Waals surface area (Å²) in [5.41, 5.74) is 1.26. The Labute approximate surface area is 96.1 Å². The maximum absolute atomic E-state index is 4.72. The fraction of sp³-hybridized carbons (Fsp3) is 0.750. The summed E-state index contributed by atoms with van der Waals surface area (Å²) in [5.74, 6) is 0.534. The second kappa shape index (κ2) is 3.87. The molecule has 3 heteroatoms. The Morgan fingerprint density at radius 2 is 2.13 bits per heavy atom. The lowest BCUT2D eigenvalue weighted by Gasteiger charge is -2.23. The summed E-state index contributed by atoms with van der Waals surface area (Å²) in [7, 11) is 0. The maximum Gasteiger partial charge on any atom is 0.112 e. The molecule has 0 amide bonds. The standard InChI is InChI=1S/C12H20N2S/c1-8(2)10-7-15-11(13-10)12(3,4)14-9-5-6-9/h7-9,14H,5-6H2,1-4H3. The van der Waals surface area contributed by atoms with E-state index in [0.29, 0.717) is 5.92 Å². The van der Waals surface area contributed by atoms with Gasteiger partial charge in [-0.2, -0.15) is 0 Å². The van der Waals surface area contributed by atoms with Crippen molar-refractivity contribution in [3.05, 3.63) is 16.1 Å². The Morgan fingerprint density at radius 1 is 1.47 bits per heavy atom. The zero-order chi connectivity index (χ0) is 11.1. The molecule has 0 radical (unpaired) electrons. The van der Waals surface area contributed by atoms with Crippen molar-refractivity contribution < 1.29 is 0 Å². The predicted molar refractivity (Wildman–Crippen MR) is 65.4 cm³/mol. The van der Waals surface area contributed by atoms with E-state index in [-0.39, 0.29) is 5.54 Å². The van der Waals surface area contributed by atoms with Gasteiger partial charge in [0.2, 0.25) is 0 Å². The minimum Gasteiger partial charge on any atom is -0.303 e. The van der Waals surface area contributed by atoms with E-state index in [1.807, 2.05) is 0 Å². The Balaban J connectivity index is 2.12. The smallest absolute Gasteiger partial charge is 0.112 e. The summed E-state index contributed by atoms with van der Waals surface area (Å²) in [6, 6.07) is 0.728. The molecule has 15 heavy (non-hydrogen) atoms. The van der Waals surface area contributed by atoms with Crippen LogP contribution in [0.2, 0.25) is 0 Å². The number of rotatable bonds is 4. The van der Waals surface area contributed by atoms with E-state index in [0.717, 1.165) is 6.04 Å². The van der Waals surface area contributed by atoms with Crippen LogP contribution in [-0.4, -0.2) is 11.0 Å². The van der Waals surface area contributed by atoms with E-state index < -0.39 is 0 Å². The first-order valence-corrected chi connectivity index (χ1v) is 6.60. The lowest BCUT2D eigenvalue weighted by molar-refractivity contribution is 0.397. The molecule has 1 aromatic rings. The van der Waals surface area contributed by atoms with Crippen LogP contribution in [0.4, 0.5) is 0 Å². The van der Waals surface area contributed by atoms with E-state index in [2.05, 4.69) is 38.4 Å². The molecule has 0 saturated heterocycles. The summed E-state index contributed by atoms with van der Waals surface area (Å²) in [5, 5.41) is 7.06. The van der Waals surface area contributed by atoms with E-state index in [1.54, 1.807) is 11.3 Å². The molecule has 0 bridgehead atoms. The average Bonchev–Trinajstić information content (AvgIpc) is 2.80. The first-order chi connectivity index (χ1) is 6.99. The summed E-state index contributed by atoms with van der Waals surface area (Å²) < 4.78 is 0. The first kappa shape index (κ1) is 11.1. The largest absolute Gasteiger partial charge is 0.303 e. The number of nitrogens with one attached hydrogen (secondary N) is 1. The third kappa shape index (κ3) is 2.58. The third-order valence-corrected chi connectivity index (χ3v) is 3.97. The van der Waals surface area contributed by atoms with Gasteiger partial charge >= 0.3 is 0 Å². The van der Waals surface area contributed by atoms with Crippen LogP contribution < -0.4 is 5.32 Å². The van der Waals surface area contributed by atoms with Gasteiger partial charge in [0.25, 0.3) is 0 Å². The quantitative estimate of drug-likeness (QED) is 0.849. The van der Waals surface area contributed by atoms with Crippen molar-refractivity contribution in [2.45, 2.75) is 58.0 Å². The Hall–Kier alpha value is -0.410. The Morgan fingerprint density at radius 3 is 2.60 bits per heavy atom. The number of hydrogen-bond acceptors (Lipinski definition) is 3. The van der Waals surface area contributed by atoms with Gasteiger partial charge in [-0.25, -0.2) is 4.98 Å². The monoisotopic (exact) mass is 224 g/mol. The van der Waals surface area contributed by atoms with Gasteiger partial charge in [-0.3, -0.25) is 0 Å². The molecule has 1 aliphatic rings. The van der Waals surface area contributed by atoms with Crippen molar-refractivity contribution in [2.24, 2.45) is 0 Å². The zero-order valence-electron chi connectivity index (χ0n) is 10.0. The van der Waals surface area contributed by atoms with Gasteiger partial charge in [-0.15, -0.1) is 11.3 Å². The second-order valence-corrected chi connectivity index (χ2v) is 6.13. The fourth-order valence-corrected chi connectivity index (χ4v) is 2.71. The highest BCUT2D eigenvalue weighted by Gasteiger charge is 2.32. The van der Waals surface area contributed by atoms with E-state index >= 15 is 0 Å². The fourth-order valence-electron chi connectivity index (χ4n) is 1.64. The Bertz CT molecular complexity index is 337. The molecule has 0 spiro atoms. The van der Waals surface area contributed by atoms with Crippen LogP contribution in [0, 0.1) is 0 Å². The molecule has 1 heterocycles. The zero-order valence-corrected chi connectivity index (χ0v) is 10.8. The molecule has 1 N–H and O–H groups in total. The van der Waals surface area contributed by atoms with Crippen molar-refractivity contribution in [1.82, 2.24) is 10.3 Å². The van der Waals surface area contributed by atoms with Crippen LogP contribution in [-0.2, 0) is 5.54 Å². The van der Waals surface area contributed by atoms with Crippen molar-refractivity contribution in [1.29, 1.82) is 0 Å². The molecule has 1 saturated carbocycles. The van der Waals surface area contributed by atoms with Gasteiger partial charge in [0.05, 0.1) is 11.2 Å². The molecule has 0 atom stereocenters. The number of thiazole rings is 1. The van der Waals surface area contributed by atoms with Gasteiger partial charge in [-0.1, -0.05) is 13.8 Å². The van der Waals surface area contributed by atoms with Crippen molar-refractivity contribution in [2.75, 3.05) is 0 Å². The first-order valence-electron chi connectivity index (χ1n) is 5.72. The van der Waals surface area contributed by atoms with E-state index in [1.165, 1.54) is 23.5 Å². The SMILES string of the molecule is CC(C)c1csc(C(C)(C)NC2CC2)n1. The molecule has 1 fully saturated rings. The highest BCUT2D eigenvalue weighted by atomic mass is 32.1. The van der Waals surface area contributed by atoms with Crippen LogP contribution in [0.15, 0.2) is 5.38 Å². The van der Waals surface area contributed by atoms with Crippen LogP contribution >= 0.6 is 11.3 Å². The molecule has 84 valence electrons. The Kier molecular flexibility index (Phi) is 2.86. The maximum atomic E-state index is 4.72. The molecular formula is C12H20N2S. The normalized spacial score (nSPS) is 17.4. The highest BCUT2D eigenvalue weighted by Crippen LogP contribution is 2.31. The molecular weight excluding hydrogens is 204 g/mol. The molecule has 0 aromatic carbocycles. The van der Waals surface area contributed by atoms with Gasteiger partial charge in [-0.05, 0) is 32.6 Å². The number of hydrogen-bond donors (Lipinski definition) is 1. The molecule has 0 unspecified atom stereocenters. The van der Waals surface area contributed by atoms with E-state index in [4.69, 9.17) is 4.98 Å². The number of nitrogens with zero attached hydrogens (tertiary/aromatic N) is 1. The van der Waals surface area contributed by atoms with Crippen LogP contribution in [0.1, 0.15) is 57.2 Å². The van der Waals surface area contributed by atoms with Gasteiger partial charge in [0.15, 0.2) is 0 Å². The van der Waals surface area contributed by atoms with Crippen LogP contribution in [0.3, 0.4) is 0 Å². The highest BCUT2D eigenvalue weighted by molar-refractivity contribution is 7.09. The van der Waals surface area contributed by atoms with Crippen LogP contribution in [0.5, 0.6) is 0 Å². The molecule has 2 rings (SSSR count). The molecule has 1 aliphatic carbocycles. The van der Waals surface area contributed by atoms with E-state index in [9.17, 15) is 0 Å². The lowest BCUT2D eigenvalue weighted by atomic mass is 10.1. The molecule has 1 aromatic heterocycles. The molecule has 0 aliphatic heterocycles. The predicted octanol–water partition coefficient (Wildman–Crippen LogP) is 3.25. The summed E-state index contributed by atoms with van der Waals surface area (Å²) >= 11 is 1.78. The minimum atomic E-state index is 0.0406. The van der Waals surface area contributed by atoms with Gasteiger partial charge in [0, 0.05) is 11.4 Å². The topological polar surface area (TPSA) is 24.9 Å². The minimum absolute atomic E-state index is 0.0406. The van der Waals surface area contributed by atoms with Crippen molar-refractivity contribution >= 4 is 11.3 Å². The van der Waals surface area contributed by atoms with Gasteiger partial charge in [0.1, 0.15) is 5.01 Å². The summed E-state index contributed by atoms with van der Waals surface area (Å²) in [6.07, 6.45) is 2.65. The molecule has 2 nitrogen and oxygen atoms in total. The van der Waals surface area contributed by atoms with Gasteiger partial charge < -0.3 is 5.32 Å². The summed E-state index contributed by atoms with van der Waals surface area (Å²) in [4.78, 5) is 4.72. The average molecular weight is 224 g/mol. The van der Waals surface area contributed by atoms with Crippen molar-refractivity contribution in [3.8, 4) is 0 Å². The summed E-state index contributed by atoms with van der Waals surface area (Å²) in [6.45, 7) is 8.85. The third-order valence-electron chi connectivity index (χ3n) is 2.79.